The second-order valence-corrected chi connectivity index (χ2v) is 5.97. The molecule has 0 atom stereocenters. The molecule has 0 saturated heterocycles. The van der Waals surface area contributed by atoms with E-state index >= 15 is 0 Å². The number of hydrogen-bond donors (Lipinski definition) is 1. The monoisotopic (exact) mass is 336 g/mol. The van der Waals surface area contributed by atoms with Gasteiger partial charge in [0.05, 0.1) is 7.11 Å². The predicted molar refractivity (Wildman–Crippen MR) is 103 cm³/mol. The number of rotatable bonds is 7. The van der Waals surface area contributed by atoms with Crippen molar-refractivity contribution in [3.63, 3.8) is 0 Å². The van der Waals surface area contributed by atoms with Crippen molar-refractivity contribution in [3.8, 4) is 16.9 Å². The summed E-state index contributed by atoms with van der Waals surface area (Å²) in [4.78, 5) is 4.84. The van der Waals surface area contributed by atoms with E-state index in [4.69, 9.17) is 14.5 Å². The van der Waals surface area contributed by atoms with Crippen molar-refractivity contribution in [2.75, 3.05) is 32.7 Å². The van der Waals surface area contributed by atoms with Crippen LogP contribution in [-0.2, 0) is 4.74 Å². The van der Waals surface area contributed by atoms with Gasteiger partial charge in [-0.25, -0.2) is 4.98 Å². The van der Waals surface area contributed by atoms with E-state index in [1.807, 2.05) is 12.1 Å². The van der Waals surface area contributed by atoms with E-state index in [0.717, 1.165) is 58.7 Å². The molecule has 0 fully saturated rings. The van der Waals surface area contributed by atoms with E-state index < -0.39 is 0 Å². The van der Waals surface area contributed by atoms with Crippen molar-refractivity contribution in [3.05, 3.63) is 54.2 Å². The molecule has 0 unspecified atom stereocenters. The summed E-state index contributed by atoms with van der Waals surface area (Å²) in [6.45, 7) is 3.62. The number of fused-ring (bicyclic) bond motifs is 1. The van der Waals surface area contributed by atoms with Crippen LogP contribution in [0.4, 0.5) is 5.82 Å². The summed E-state index contributed by atoms with van der Waals surface area (Å²) in [6.07, 6.45) is 0.940. The lowest BCUT2D eigenvalue weighted by molar-refractivity contribution is 0.198. The molecule has 0 aliphatic heterocycles. The number of nitrogens with zero attached hydrogens (tertiary/aromatic N) is 1. The second-order valence-electron chi connectivity index (χ2n) is 5.97. The molecule has 0 aliphatic rings. The average Bonchev–Trinajstić information content (AvgIpc) is 2.65. The Morgan fingerprint density at radius 3 is 2.52 bits per heavy atom. The summed E-state index contributed by atoms with van der Waals surface area (Å²) in [5.41, 5.74) is 3.31. The van der Waals surface area contributed by atoms with Crippen LogP contribution < -0.4 is 10.1 Å². The van der Waals surface area contributed by atoms with E-state index in [0.29, 0.717) is 0 Å². The van der Waals surface area contributed by atoms with Gasteiger partial charge in [0.2, 0.25) is 0 Å². The molecule has 0 saturated carbocycles. The van der Waals surface area contributed by atoms with Gasteiger partial charge in [0, 0.05) is 36.9 Å². The van der Waals surface area contributed by atoms with Crippen LogP contribution in [0.15, 0.2) is 48.5 Å². The Hall–Kier alpha value is -2.59. The molecule has 1 heterocycles. The Bertz CT molecular complexity index is 847. The van der Waals surface area contributed by atoms with E-state index in [9.17, 15) is 0 Å². The summed E-state index contributed by atoms with van der Waals surface area (Å²) >= 11 is 0. The van der Waals surface area contributed by atoms with Crippen molar-refractivity contribution >= 4 is 16.6 Å². The molecule has 4 nitrogen and oxygen atoms in total. The number of hydrogen-bond acceptors (Lipinski definition) is 4. The molecule has 1 N–H and O–H groups in total. The highest BCUT2D eigenvalue weighted by molar-refractivity contribution is 6.03. The molecule has 2 aromatic carbocycles. The lowest BCUT2D eigenvalue weighted by Gasteiger charge is -2.16. The lowest BCUT2D eigenvalue weighted by atomic mass is 9.97. The first kappa shape index (κ1) is 17.2. The first-order valence-corrected chi connectivity index (χ1v) is 8.51. The molecule has 3 rings (SSSR count). The normalized spacial score (nSPS) is 10.8. The third-order valence-electron chi connectivity index (χ3n) is 4.27. The molecule has 0 amide bonds. The second kappa shape index (κ2) is 7.99. The zero-order chi connectivity index (χ0) is 17.6. The molecule has 1 aromatic heterocycles. The number of aromatic nitrogens is 1. The van der Waals surface area contributed by atoms with Gasteiger partial charge in [-0.3, -0.25) is 0 Å². The molecular formula is C21H24N2O2. The fourth-order valence-corrected chi connectivity index (χ4v) is 3.07. The van der Waals surface area contributed by atoms with Crippen LogP contribution in [0.2, 0.25) is 0 Å². The Morgan fingerprint density at radius 2 is 1.80 bits per heavy atom. The Balaban J connectivity index is 2.12. The van der Waals surface area contributed by atoms with Gasteiger partial charge in [0.25, 0.3) is 0 Å². The predicted octanol–water partition coefficient (Wildman–Crippen LogP) is 4.67. The highest BCUT2D eigenvalue weighted by Gasteiger charge is 2.13. The van der Waals surface area contributed by atoms with Crippen molar-refractivity contribution in [2.24, 2.45) is 0 Å². The zero-order valence-corrected chi connectivity index (χ0v) is 15.0. The Kier molecular flexibility index (Phi) is 5.51. The molecular weight excluding hydrogens is 312 g/mol. The van der Waals surface area contributed by atoms with E-state index in [1.165, 1.54) is 0 Å². The SMILES string of the molecule is COCCCNc1nc(C)c(-c2ccccc2)c2cc(OC)ccc12. The number of pyridine rings is 1. The number of methoxy groups -OCH3 is 2. The van der Waals surface area contributed by atoms with Crippen LogP contribution in [0, 0.1) is 6.92 Å². The minimum atomic E-state index is 0.736. The standard InChI is InChI=1S/C21H24N2O2/c1-15-20(16-8-5-4-6-9-16)19-14-17(25-3)10-11-18(19)21(23-15)22-12-7-13-24-2/h4-6,8-11,14H,7,12-13H2,1-3H3,(H,22,23). The number of aryl methyl sites for hydroxylation is 1. The van der Waals surface area contributed by atoms with Crippen molar-refractivity contribution in [1.29, 1.82) is 0 Å². The molecule has 130 valence electrons. The summed E-state index contributed by atoms with van der Waals surface area (Å²) in [6, 6.07) is 16.5. The minimum absolute atomic E-state index is 0.736. The fraction of sp³-hybridized carbons (Fsp3) is 0.286. The van der Waals surface area contributed by atoms with Crippen molar-refractivity contribution in [1.82, 2.24) is 4.98 Å². The zero-order valence-electron chi connectivity index (χ0n) is 15.0. The van der Waals surface area contributed by atoms with Crippen molar-refractivity contribution in [2.45, 2.75) is 13.3 Å². The van der Waals surface area contributed by atoms with Gasteiger partial charge < -0.3 is 14.8 Å². The first-order valence-electron chi connectivity index (χ1n) is 8.51. The van der Waals surface area contributed by atoms with E-state index in [1.54, 1.807) is 14.2 Å². The molecule has 0 radical (unpaired) electrons. The Morgan fingerprint density at radius 1 is 1.00 bits per heavy atom. The number of nitrogens with one attached hydrogen (secondary N) is 1. The minimum Gasteiger partial charge on any atom is -0.497 e. The van der Waals surface area contributed by atoms with Crippen LogP contribution in [0.1, 0.15) is 12.1 Å². The highest BCUT2D eigenvalue weighted by atomic mass is 16.5. The summed E-state index contributed by atoms with van der Waals surface area (Å²) in [5, 5.41) is 5.69. The van der Waals surface area contributed by atoms with Gasteiger partial charge >= 0.3 is 0 Å². The summed E-state index contributed by atoms with van der Waals surface area (Å²) < 4.78 is 10.6. The van der Waals surface area contributed by atoms with Crippen LogP contribution in [0.25, 0.3) is 21.9 Å². The smallest absolute Gasteiger partial charge is 0.134 e. The largest absolute Gasteiger partial charge is 0.497 e. The number of anilines is 1. The quantitative estimate of drug-likeness (QED) is 0.637. The summed E-state index contributed by atoms with van der Waals surface area (Å²) in [5.74, 6) is 1.76. The molecule has 0 aliphatic carbocycles. The van der Waals surface area contributed by atoms with Gasteiger partial charge in [0.15, 0.2) is 0 Å². The van der Waals surface area contributed by atoms with Gasteiger partial charge in [-0.1, -0.05) is 30.3 Å². The van der Waals surface area contributed by atoms with Crippen molar-refractivity contribution < 1.29 is 9.47 Å². The van der Waals surface area contributed by atoms with E-state index in [-0.39, 0.29) is 0 Å². The fourth-order valence-electron chi connectivity index (χ4n) is 3.07. The van der Waals surface area contributed by atoms with Gasteiger partial charge in [-0.15, -0.1) is 0 Å². The first-order chi connectivity index (χ1) is 12.2. The molecule has 4 heteroatoms. The molecule has 25 heavy (non-hydrogen) atoms. The van der Waals surface area contributed by atoms with Crippen LogP contribution >= 0.6 is 0 Å². The van der Waals surface area contributed by atoms with E-state index in [2.05, 4.69) is 48.6 Å². The molecule has 0 bridgehead atoms. The number of ether oxygens (including phenoxy) is 2. The van der Waals surface area contributed by atoms with Crippen LogP contribution in [-0.4, -0.2) is 32.4 Å². The Labute approximate surface area is 148 Å². The number of benzene rings is 2. The maximum Gasteiger partial charge on any atom is 0.134 e. The maximum atomic E-state index is 5.45. The topological polar surface area (TPSA) is 43.4 Å². The van der Waals surface area contributed by atoms with Gasteiger partial charge in [-0.2, -0.15) is 0 Å². The lowest BCUT2D eigenvalue weighted by Crippen LogP contribution is -2.07. The van der Waals surface area contributed by atoms with Crippen LogP contribution in [0.5, 0.6) is 5.75 Å². The van der Waals surface area contributed by atoms with Gasteiger partial charge in [0.1, 0.15) is 11.6 Å². The average molecular weight is 336 g/mol. The van der Waals surface area contributed by atoms with Gasteiger partial charge in [-0.05, 0) is 42.5 Å². The molecule has 0 spiro atoms. The highest BCUT2D eigenvalue weighted by Crippen LogP contribution is 2.36. The third-order valence-corrected chi connectivity index (χ3v) is 4.27. The van der Waals surface area contributed by atoms with Crippen LogP contribution in [0.3, 0.4) is 0 Å². The summed E-state index contributed by atoms with van der Waals surface area (Å²) in [7, 11) is 3.42. The third kappa shape index (κ3) is 3.74. The maximum absolute atomic E-state index is 5.45. The molecule has 3 aromatic rings.